The summed E-state index contributed by atoms with van der Waals surface area (Å²) in [4.78, 5) is 35.0. The van der Waals surface area contributed by atoms with E-state index in [9.17, 15) is 19.8 Å². The van der Waals surface area contributed by atoms with Gasteiger partial charge in [-0.05, 0) is 175 Å². The molecule has 10 atom stereocenters. The van der Waals surface area contributed by atoms with Crippen molar-refractivity contribution in [3.63, 3.8) is 0 Å². The molecule has 10 bridgehead atoms. The quantitative estimate of drug-likeness (QED) is 0.130. The van der Waals surface area contributed by atoms with Gasteiger partial charge in [0, 0.05) is 78.9 Å². The monoisotopic (exact) mass is 991 g/mol. The van der Waals surface area contributed by atoms with Crippen molar-refractivity contribution in [3.8, 4) is 11.5 Å². The predicted molar refractivity (Wildman–Crippen MR) is 278 cm³/mol. The van der Waals surface area contributed by atoms with Crippen LogP contribution in [-0.4, -0.2) is 74.0 Å². The number of hydrogen-bond donors (Lipinski definition) is 4. The first-order chi connectivity index (χ1) is 33.9. The van der Waals surface area contributed by atoms with E-state index in [1.54, 1.807) is 0 Å². The summed E-state index contributed by atoms with van der Waals surface area (Å²) < 4.78 is 13.6. The Bertz CT molecular complexity index is 2380. The lowest BCUT2D eigenvalue weighted by Crippen LogP contribution is -2.55. The van der Waals surface area contributed by atoms with E-state index in [1.165, 1.54) is 63.9 Å². The number of aliphatic hydroxyl groups excluding tert-OH is 1. The largest absolute Gasteiger partial charge is 0.504 e. The van der Waals surface area contributed by atoms with Crippen LogP contribution in [0.5, 0.6) is 11.5 Å². The molecule has 1 amide bonds. The summed E-state index contributed by atoms with van der Waals surface area (Å²) in [7, 11) is 4.12. The molecule has 6 saturated carbocycles. The summed E-state index contributed by atoms with van der Waals surface area (Å²) in [6.45, 7) is 2.95. The number of aliphatic hydroxyl groups is 1. The SMILES string of the molecule is CC(=O)OC12CCc3cc(c(O)c4c3C3C=CC5(CCCC5C3)O4)CN3CC4(CC3=O)C(CCC4c3ccccc3)CN=C(N)NC3(CCCC34CCCC4)SSCC3CCC(CC3)C(CC1)C(O)C2. The molecule has 10 unspecified atom stereocenters. The van der Waals surface area contributed by atoms with Gasteiger partial charge in [-0.3, -0.25) is 14.6 Å². The number of carbonyl (C=O) groups is 2. The number of aromatic hydroxyl groups is 1. The van der Waals surface area contributed by atoms with Crippen LogP contribution >= 0.6 is 21.6 Å². The fourth-order valence-corrected chi connectivity index (χ4v) is 21.3. The normalized spacial score (nSPS) is 40.1. The number of fused-ring (bicyclic) bond motifs is 2. The molecule has 5 N–H and O–H groups in total. The molecule has 10 nitrogen and oxygen atoms in total. The molecule has 6 heterocycles. The molecule has 2 aromatic carbocycles. The van der Waals surface area contributed by atoms with Crippen molar-refractivity contribution < 1.29 is 29.3 Å². The van der Waals surface area contributed by atoms with Gasteiger partial charge in [0.15, 0.2) is 17.5 Å². The summed E-state index contributed by atoms with van der Waals surface area (Å²) >= 11 is 0. The number of phenols is 1. The number of phenolic OH excluding ortho intramolecular Hbond substituents is 1. The number of rotatable bonds is 2. The van der Waals surface area contributed by atoms with E-state index in [4.69, 9.17) is 20.2 Å². The lowest BCUT2D eigenvalue weighted by atomic mass is 9.66. The molecular weight excluding hydrogens is 913 g/mol. The number of amides is 1. The number of ether oxygens (including phenoxy) is 2. The first kappa shape index (κ1) is 47.6. The highest BCUT2D eigenvalue weighted by molar-refractivity contribution is 8.77. The number of nitrogens with zero attached hydrogens (tertiary/aromatic N) is 2. The molecule has 4 spiro atoms. The number of nitrogens with one attached hydrogen (secondary N) is 1. The Labute approximate surface area is 424 Å². The lowest BCUT2D eigenvalue weighted by molar-refractivity contribution is -0.170. The van der Waals surface area contributed by atoms with Gasteiger partial charge in [0.2, 0.25) is 5.91 Å². The number of aryl methyl sites for hydroxylation is 1. The van der Waals surface area contributed by atoms with Crippen LogP contribution in [0.2, 0.25) is 0 Å². The molecule has 13 aliphatic rings. The Morgan fingerprint density at radius 3 is 2.54 bits per heavy atom. The number of benzene rings is 2. The van der Waals surface area contributed by atoms with E-state index >= 15 is 0 Å². The fourth-order valence-electron chi connectivity index (χ4n) is 17.4. The summed E-state index contributed by atoms with van der Waals surface area (Å²) in [5.74, 6) is 4.38. The van der Waals surface area contributed by atoms with Crippen molar-refractivity contribution in [2.24, 2.45) is 51.1 Å². The third kappa shape index (κ3) is 8.21. The molecule has 0 radical (unpaired) electrons. The maximum Gasteiger partial charge on any atom is 0.303 e. The number of carbonyl (C=O) groups excluding carboxylic acids is 2. The van der Waals surface area contributed by atoms with E-state index in [0.29, 0.717) is 73.8 Å². The molecule has 1 saturated heterocycles. The molecule has 15 rings (SSSR count). The van der Waals surface area contributed by atoms with Gasteiger partial charge in [0.05, 0.1) is 6.10 Å². The van der Waals surface area contributed by atoms with E-state index in [1.807, 2.05) is 4.90 Å². The van der Waals surface area contributed by atoms with E-state index in [0.717, 1.165) is 87.5 Å². The van der Waals surface area contributed by atoms with E-state index in [2.05, 4.69) is 75.5 Å². The van der Waals surface area contributed by atoms with E-state index < -0.39 is 17.3 Å². The molecule has 6 aliphatic heterocycles. The van der Waals surface area contributed by atoms with Crippen LogP contribution in [0.25, 0.3) is 0 Å². The summed E-state index contributed by atoms with van der Waals surface area (Å²) in [6.07, 6.45) is 27.0. The van der Waals surface area contributed by atoms with Crippen LogP contribution in [0.15, 0.2) is 53.5 Å². The molecule has 7 aliphatic carbocycles. The Morgan fingerprint density at radius 1 is 0.929 bits per heavy atom. The molecule has 70 heavy (non-hydrogen) atoms. The second-order valence-corrected chi connectivity index (χ2v) is 27.1. The van der Waals surface area contributed by atoms with Crippen LogP contribution in [0, 0.1) is 40.4 Å². The zero-order valence-corrected chi connectivity index (χ0v) is 43.3. The zero-order chi connectivity index (χ0) is 47.9. The van der Waals surface area contributed by atoms with Gasteiger partial charge in [-0.1, -0.05) is 70.8 Å². The molecule has 12 heteroatoms. The van der Waals surface area contributed by atoms with Crippen molar-refractivity contribution in [2.75, 3.05) is 18.8 Å². The van der Waals surface area contributed by atoms with Crippen LogP contribution < -0.4 is 15.8 Å². The second kappa shape index (κ2) is 18.5. The third-order valence-corrected chi connectivity index (χ3v) is 24.3. The van der Waals surface area contributed by atoms with Gasteiger partial charge in [0.25, 0.3) is 0 Å². The van der Waals surface area contributed by atoms with Gasteiger partial charge < -0.3 is 35.6 Å². The highest BCUT2D eigenvalue weighted by Crippen LogP contribution is 2.64. The van der Waals surface area contributed by atoms with Crippen molar-refractivity contribution in [1.29, 1.82) is 0 Å². The van der Waals surface area contributed by atoms with Gasteiger partial charge >= 0.3 is 5.97 Å². The molecule has 0 aromatic heterocycles. The lowest BCUT2D eigenvalue weighted by Gasteiger charge is -2.46. The van der Waals surface area contributed by atoms with Crippen LogP contribution in [0.1, 0.15) is 182 Å². The van der Waals surface area contributed by atoms with Crippen molar-refractivity contribution in [2.45, 2.75) is 195 Å². The number of allylic oxidation sites excluding steroid dienone is 1. The van der Waals surface area contributed by atoms with Crippen molar-refractivity contribution >= 4 is 39.4 Å². The maximum absolute atomic E-state index is 14.8. The van der Waals surface area contributed by atoms with Crippen molar-refractivity contribution in [3.05, 3.63) is 70.8 Å². The summed E-state index contributed by atoms with van der Waals surface area (Å²) in [5.41, 5.74) is 9.90. The number of aliphatic imine (C=N–C) groups is 1. The number of guanidine groups is 1. The minimum absolute atomic E-state index is 0.0967. The van der Waals surface area contributed by atoms with E-state index in [-0.39, 0.29) is 63.5 Å². The zero-order valence-electron chi connectivity index (χ0n) is 41.6. The van der Waals surface area contributed by atoms with Crippen LogP contribution in [0.3, 0.4) is 0 Å². The highest BCUT2D eigenvalue weighted by Gasteiger charge is 2.59. The van der Waals surface area contributed by atoms with Gasteiger partial charge in [-0.15, -0.1) is 0 Å². The summed E-state index contributed by atoms with van der Waals surface area (Å²) in [6, 6.07) is 13.0. The Morgan fingerprint density at radius 2 is 1.74 bits per heavy atom. The number of hydrogen-bond acceptors (Lipinski definition) is 11. The summed E-state index contributed by atoms with van der Waals surface area (Å²) in [5, 5.41) is 28.7. The topological polar surface area (TPSA) is 147 Å². The maximum atomic E-state index is 14.8. The highest BCUT2D eigenvalue weighted by atomic mass is 33.1. The first-order valence-corrected chi connectivity index (χ1v) is 30.1. The minimum atomic E-state index is -0.786. The Hall–Kier alpha value is -3.35. The van der Waals surface area contributed by atoms with Gasteiger partial charge in [-0.25, -0.2) is 0 Å². The fraction of sp³-hybridized carbons (Fsp3) is 0.707. The van der Waals surface area contributed by atoms with Crippen LogP contribution in [-0.2, 0) is 27.3 Å². The Balaban J connectivity index is 0.921. The standard InChI is InChI=1S/C58H78N4O6S2/c1-37(63)67-55-26-18-41-29-43(51(66)52-50(41)42-19-28-57(68-52)24-7-11-44(57)30-42)34-62-36-56(32-49(62)65)45(16-17-47(56)40-9-3-2-4-10-40)33-60-53(59)61-58(25-8-23-54(58)21-5-6-22-54)70-69-35-38-12-14-39(15-13-38)46(20-27-55)48(64)31-55/h2-4,9-10,19,28-29,38-39,42,44-48,64,66H,5-8,11-18,20-27,30-36H2,1H3,(H3,59,60,61). The first-order valence-electron chi connectivity index (χ1n) is 27.8. The minimum Gasteiger partial charge on any atom is -0.504 e. The van der Waals surface area contributed by atoms with Crippen LogP contribution in [0.4, 0.5) is 0 Å². The predicted octanol–water partition coefficient (Wildman–Crippen LogP) is 11.2. The van der Waals surface area contributed by atoms with Gasteiger partial charge in [-0.2, -0.15) is 0 Å². The molecule has 7 fully saturated rings. The Kier molecular flexibility index (Phi) is 12.6. The second-order valence-electron chi connectivity index (χ2n) is 24.4. The molecule has 2 aromatic rings. The third-order valence-electron chi connectivity index (χ3n) is 20.9. The number of nitrogens with two attached hydrogens (primary N) is 1. The molecular formula is C58H78N4O6S2. The van der Waals surface area contributed by atoms with Gasteiger partial charge in [0.1, 0.15) is 16.1 Å². The average Bonchev–Trinajstić information content (AvgIpc) is 4.17. The smallest absolute Gasteiger partial charge is 0.303 e. The number of esters is 1. The molecule has 378 valence electrons. The average molecular weight is 991 g/mol. The van der Waals surface area contributed by atoms with Crippen molar-refractivity contribution in [1.82, 2.24) is 10.2 Å².